The van der Waals surface area contributed by atoms with Crippen LogP contribution in [-0.2, 0) is 0 Å². The zero-order valence-electron chi connectivity index (χ0n) is 9.52. The van der Waals surface area contributed by atoms with Gasteiger partial charge in [-0.15, -0.1) is 0 Å². The van der Waals surface area contributed by atoms with Crippen LogP contribution < -0.4 is 5.32 Å². The maximum Gasteiger partial charge on any atom is 0.255 e. The van der Waals surface area contributed by atoms with Crippen LogP contribution in [0.4, 0.5) is 5.69 Å². The molecule has 0 radical (unpaired) electrons. The van der Waals surface area contributed by atoms with Crippen molar-refractivity contribution in [1.29, 1.82) is 5.26 Å². The van der Waals surface area contributed by atoms with Crippen LogP contribution in [0.5, 0.6) is 0 Å². The Hall–Kier alpha value is -1.90. The van der Waals surface area contributed by atoms with Crippen molar-refractivity contribution in [2.45, 2.75) is 0 Å². The molecular weight excluding hydrogens is 330 g/mol. The largest absolute Gasteiger partial charge is 0.322 e. The number of carbonyl (C=O) groups is 1. The van der Waals surface area contributed by atoms with E-state index in [1.807, 2.05) is 6.07 Å². The van der Waals surface area contributed by atoms with E-state index in [0.717, 1.165) is 0 Å². The minimum absolute atomic E-state index is 0.283. The number of aromatic nitrogens is 1. The number of hydrogen-bond donors (Lipinski definition) is 1. The smallest absolute Gasteiger partial charge is 0.255 e. The number of nitriles is 1. The van der Waals surface area contributed by atoms with Crippen molar-refractivity contribution >= 4 is 39.1 Å². The van der Waals surface area contributed by atoms with Crippen molar-refractivity contribution in [1.82, 2.24) is 4.98 Å². The van der Waals surface area contributed by atoms with Gasteiger partial charge in [0.05, 0.1) is 10.6 Å². The minimum atomic E-state index is -0.283. The van der Waals surface area contributed by atoms with Crippen LogP contribution in [0, 0.1) is 11.3 Å². The highest BCUT2D eigenvalue weighted by Gasteiger charge is 2.08. The highest BCUT2D eigenvalue weighted by molar-refractivity contribution is 9.10. The first-order chi connectivity index (χ1) is 9.10. The Morgan fingerprint density at radius 3 is 2.84 bits per heavy atom. The summed E-state index contributed by atoms with van der Waals surface area (Å²) in [6.07, 6.45) is 1.53. The first kappa shape index (κ1) is 13.5. The maximum atomic E-state index is 12.0. The molecule has 2 rings (SSSR count). The van der Waals surface area contributed by atoms with Crippen molar-refractivity contribution in [3.05, 3.63) is 57.3 Å². The normalized spacial score (nSPS) is 9.74. The van der Waals surface area contributed by atoms with Crippen LogP contribution in [0.2, 0.25) is 5.02 Å². The van der Waals surface area contributed by atoms with E-state index in [0.29, 0.717) is 26.4 Å². The first-order valence-electron chi connectivity index (χ1n) is 5.22. The molecule has 0 aliphatic heterocycles. The SMILES string of the molecule is N#Cc1cc(NC(=O)c2ccnc(Br)c2)ccc1Cl. The zero-order chi connectivity index (χ0) is 13.8. The lowest BCUT2D eigenvalue weighted by Gasteiger charge is -2.06. The molecule has 1 N–H and O–H groups in total. The van der Waals surface area contributed by atoms with Gasteiger partial charge in [-0.25, -0.2) is 4.98 Å². The third kappa shape index (κ3) is 3.31. The van der Waals surface area contributed by atoms with Crippen LogP contribution >= 0.6 is 27.5 Å². The summed E-state index contributed by atoms with van der Waals surface area (Å²) in [6, 6.07) is 9.89. The van der Waals surface area contributed by atoms with Gasteiger partial charge in [-0.3, -0.25) is 4.79 Å². The molecule has 1 heterocycles. The van der Waals surface area contributed by atoms with Gasteiger partial charge in [0, 0.05) is 17.4 Å². The summed E-state index contributed by atoms with van der Waals surface area (Å²) in [5.41, 5.74) is 1.30. The van der Waals surface area contributed by atoms with E-state index in [1.165, 1.54) is 12.3 Å². The highest BCUT2D eigenvalue weighted by atomic mass is 79.9. The molecular formula is C13H7BrClN3O. The van der Waals surface area contributed by atoms with E-state index in [4.69, 9.17) is 16.9 Å². The fraction of sp³-hybridized carbons (Fsp3) is 0. The number of nitrogens with zero attached hydrogens (tertiary/aromatic N) is 2. The predicted octanol–water partition coefficient (Wildman–Crippen LogP) is 3.62. The number of carbonyl (C=O) groups excluding carboxylic acids is 1. The number of anilines is 1. The van der Waals surface area contributed by atoms with E-state index in [2.05, 4.69) is 26.2 Å². The predicted molar refractivity (Wildman–Crippen MR) is 76.1 cm³/mol. The molecule has 1 amide bonds. The number of amides is 1. The Balaban J connectivity index is 2.22. The van der Waals surface area contributed by atoms with Gasteiger partial charge < -0.3 is 5.32 Å². The number of pyridine rings is 1. The molecule has 1 aromatic carbocycles. The van der Waals surface area contributed by atoms with Gasteiger partial charge >= 0.3 is 0 Å². The van der Waals surface area contributed by atoms with Crippen LogP contribution in [0.25, 0.3) is 0 Å². The van der Waals surface area contributed by atoms with Crippen LogP contribution in [0.1, 0.15) is 15.9 Å². The van der Waals surface area contributed by atoms with Gasteiger partial charge in [0.15, 0.2) is 0 Å². The van der Waals surface area contributed by atoms with Crippen LogP contribution in [0.15, 0.2) is 41.1 Å². The molecule has 0 unspecified atom stereocenters. The molecule has 0 aliphatic carbocycles. The number of nitrogens with one attached hydrogen (secondary N) is 1. The third-order valence-electron chi connectivity index (χ3n) is 2.33. The van der Waals surface area contributed by atoms with E-state index in [-0.39, 0.29) is 5.91 Å². The second-order valence-corrected chi connectivity index (χ2v) is 4.85. The quantitative estimate of drug-likeness (QED) is 0.852. The molecule has 4 nitrogen and oxygen atoms in total. The molecule has 0 atom stereocenters. The molecule has 0 saturated carbocycles. The molecule has 19 heavy (non-hydrogen) atoms. The summed E-state index contributed by atoms with van der Waals surface area (Å²) in [6.45, 7) is 0. The number of hydrogen-bond acceptors (Lipinski definition) is 3. The van der Waals surface area contributed by atoms with Crippen molar-refractivity contribution in [2.24, 2.45) is 0 Å². The Labute approximate surface area is 123 Å². The molecule has 94 valence electrons. The second-order valence-electron chi connectivity index (χ2n) is 3.63. The topological polar surface area (TPSA) is 65.8 Å². The highest BCUT2D eigenvalue weighted by Crippen LogP contribution is 2.20. The molecule has 0 bridgehead atoms. The minimum Gasteiger partial charge on any atom is -0.322 e. The Bertz CT molecular complexity index is 682. The van der Waals surface area contributed by atoms with Gasteiger partial charge in [0.2, 0.25) is 0 Å². The number of rotatable bonds is 2. The number of benzene rings is 1. The summed E-state index contributed by atoms with van der Waals surface area (Å²) in [7, 11) is 0. The molecule has 0 fully saturated rings. The van der Waals surface area contributed by atoms with E-state index in [1.54, 1.807) is 24.3 Å². The average molecular weight is 337 g/mol. The van der Waals surface area contributed by atoms with Crippen LogP contribution in [0.3, 0.4) is 0 Å². The van der Waals surface area contributed by atoms with Gasteiger partial charge in [-0.1, -0.05) is 11.6 Å². The lowest BCUT2D eigenvalue weighted by Crippen LogP contribution is -2.12. The van der Waals surface area contributed by atoms with E-state index < -0.39 is 0 Å². The summed E-state index contributed by atoms with van der Waals surface area (Å²) in [4.78, 5) is 15.9. The Kier molecular flexibility index (Phi) is 4.15. The Morgan fingerprint density at radius 2 is 2.16 bits per heavy atom. The molecule has 0 aliphatic rings. The second kappa shape index (κ2) is 5.83. The van der Waals surface area contributed by atoms with Gasteiger partial charge in [0.25, 0.3) is 5.91 Å². The van der Waals surface area contributed by atoms with Gasteiger partial charge in [-0.05, 0) is 46.3 Å². The molecule has 6 heteroatoms. The monoisotopic (exact) mass is 335 g/mol. The summed E-state index contributed by atoms with van der Waals surface area (Å²) >= 11 is 9.02. The maximum absolute atomic E-state index is 12.0. The standard InChI is InChI=1S/C13H7BrClN3O/c14-12-6-8(3-4-17-12)13(19)18-10-1-2-11(15)9(5-10)7-16/h1-6H,(H,18,19). The molecule has 0 saturated heterocycles. The summed E-state index contributed by atoms with van der Waals surface area (Å²) < 4.78 is 0.578. The fourth-order valence-corrected chi connectivity index (χ4v) is 1.96. The average Bonchev–Trinajstić information content (AvgIpc) is 2.41. The van der Waals surface area contributed by atoms with Crippen molar-refractivity contribution in [3.63, 3.8) is 0 Å². The van der Waals surface area contributed by atoms with Crippen molar-refractivity contribution in [2.75, 3.05) is 5.32 Å². The van der Waals surface area contributed by atoms with Gasteiger partial charge in [0.1, 0.15) is 10.7 Å². The lowest BCUT2D eigenvalue weighted by molar-refractivity contribution is 0.102. The Morgan fingerprint density at radius 1 is 1.37 bits per heavy atom. The zero-order valence-corrected chi connectivity index (χ0v) is 11.9. The van der Waals surface area contributed by atoms with E-state index in [9.17, 15) is 4.79 Å². The lowest BCUT2D eigenvalue weighted by atomic mass is 10.2. The van der Waals surface area contributed by atoms with E-state index >= 15 is 0 Å². The third-order valence-corrected chi connectivity index (χ3v) is 3.10. The molecule has 0 spiro atoms. The van der Waals surface area contributed by atoms with Gasteiger partial charge in [-0.2, -0.15) is 5.26 Å². The number of halogens is 2. The fourth-order valence-electron chi connectivity index (χ4n) is 1.44. The summed E-state index contributed by atoms with van der Waals surface area (Å²) in [5, 5.41) is 11.9. The van der Waals surface area contributed by atoms with Crippen molar-refractivity contribution in [3.8, 4) is 6.07 Å². The molecule has 2 aromatic rings. The van der Waals surface area contributed by atoms with Crippen molar-refractivity contribution < 1.29 is 4.79 Å². The summed E-state index contributed by atoms with van der Waals surface area (Å²) in [5.74, 6) is -0.283. The molecule has 1 aromatic heterocycles. The van der Waals surface area contributed by atoms with Crippen LogP contribution in [-0.4, -0.2) is 10.9 Å². The first-order valence-corrected chi connectivity index (χ1v) is 6.40.